The van der Waals surface area contributed by atoms with Gasteiger partial charge in [0.25, 0.3) is 0 Å². The molecular formula is C25H27N3O. The van der Waals surface area contributed by atoms with Crippen LogP contribution in [0.15, 0.2) is 60.9 Å². The van der Waals surface area contributed by atoms with Gasteiger partial charge in [-0.3, -0.25) is 14.7 Å². The lowest BCUT2D eigenvalue weighted by atomic mass is 9.87. The summed E-state index contributed by atoms with van der Waals surface area (Å²) in [5.41, 5.74) is 3.96. The van der Waals surface area contributed by atoms with Gasteiger partial charge in [-0.1, -0.05) is 42.5 Å². The molecule has 3 atom stereocenters. The van der Waals surface area contributed by atoms with Crippen molar-refractivity contribution >= 4 is 16.7 Å². The lowest BCUT2D eigenvalue weighted by Gasteiger charge is -2.30. The predicted molar refractivity (Wildman–Crippen MR) is 115 cm³/mol. The Bertz CT molecular complexity index is 1060. The third-order valence-electron chi connectivity index (χ3n) is 6.82. The van der Waals surface area contributed by atoms with Crippen LogP contribution in [0.1, 0.15) is 29.7 Å². The van der Waals surface area contributed by atoms with Crippen molar-refractivity contribution < 1.29 is 4.79 Å². The van der Waals surface area contributed by atoms with E-state index < -0.39 is 0 Å². The Kier molecular flexibility index (Phi) is 4.59. The smallest absolute Gasteiger partial charge is 0.219 e. The van der Waals surface area contributed by atoms with Crippen LogP contribution in [0.2, 0.25) is 0 Å². The van der Waals surface area contributed by atoms with Gasteiger partial charge in [0.2, 0.25) is 5.91 Å². The first kappa shape index (κ1) is 18.3. The molecule has 3 aromatic rings. The van der Waals surface area contributed by atoms with E-state index in [1.54, 1.807) is 6.92 Å². The van der Waals surface area contributed by atoms with Crippen molar-refractivity contribution in [3.8, 4) is 0 Å². The minimum atomic E-state index is 0.195. The Balaban J connectivity index is 1.42. The number of carbonyl (C=O) groups is 1. The number of amides is 1. The Morgan fingerprint density at radius 2 is 1.93 bits per heavy atom. The molecule has 2 aromatic carbocycles. The van der Waals surface area contributed by atoms with Crippen LogP contribution in [0, 0.1) is 18.8 Å². The maximum Gasteiger partial charge on any atom is 0.219 e. The van der Waals surface area contributed by atoms with Crippen molar-refractivity contribution in [1.82, 2.24) is 14.8 Å². The molecule has 2 aliphatic rings. The van der Waals surface area contributed by atoms with E-state index in [1.165, 1.54) is 27.5 Å². The Morgan fingerprint density at radius 1 is 1.07 bits per heavy atom. The molecule has 4 heteroatoms. The summed E-state index contributed by atoms with van der Waals surface area (Å²) in [6, 6.07) is 17.4. The molecule has 3 heterocycles. The summed E-state index contributed by atoms with van der Waals surface area (Å²) < 4.78 is 0. The Hall–Kier alpha value is -2.72. The third-order valence-corrected chi connectivity index (χ3v) is 6.82. The van der Waals surface area contributed by atoms with E-state index in [-0.39, 0.29) is 11.9 Å². The largest absolute Gasteiger partial charge is 0.335 e. The minimum absolute atomic E-state index is 0.195. The molecular weight excluding hydrogens is 358 g/mol. The van der Waals surface area contributed by atoms with Gasteiger partial charge in [0.1, 0.15) is 0 Å². The predicted octanol–water partition coefficient (Wildman–Crippen LogP) is 4.19. The lowest BCUT2D eigenvalue weighted by Crippen LogP contribution is -2.34. The minimum Gasteiger partial charge on any atom is -0.335 e. The van der Waals surface area contributed by atoms with Gasteiger partial charge in [-0.25, -0.2) is 0 Å². The van der Waals surface area contributed by atoms with Crippen molar-refractivity contribution in [2.75, 3.05) is 19.6 Å². The number of fused-ring (bicyclic) bond motifs is 2. The van der Waals surface area contributed by atoms with Crippen molar-refractivity contribution in [2.45, 2.75) is 26.4 Å². The first-order valence-corrected chi connectivity index (χ1v) is 10.5. The van der Waals surface area contributed by atoms with Crippen molar-refractivity contribution in [3.05, 3.63) is 77.6 Å². The first-order chi connectivity index (χ1) is 14.1. The molecule has 0 spiro atoms. The number of rotatable bonds is 3. The fraction of sp³-hybridized carbons (Fsp3) is 0.360. The molecule has 0 bridgehead atoms. The summed E-state index contributed by atoms with van der Waals surface area (Å²) in [5.74, 6) is 1.23. The molecule has 0 saturated carbocycles. The summed E-state index contributed by atoms with van der Waals surface area (Å²) in [6.07, 6.45) is 3.82. The van der Waals surface area contributed by atoms with Crippen molar-refractivity contribution in [3.63, 3.8) is 0 Å². The second-order valence-corrected chi connectivity index (χ2v) is 8.60. The zero-order chi connectivity index (χ0) is 20.0. The lowest BCUT2D eigenvalue weighted by molar-refractivity contribution is -0.130. The van der Waals surface area contributed by atoms with Crippen LogP contribution in [0.3, 0.4) is 0 Å². The van der Waals surface area contributed by atoms with Crippen LogP contribution < -0.4 is 0 Å². The molecule has 1 aromatic heterocycles. The molecule has 0 radical (unpaired) electrons. The van der Waals surface area contributed by atoms with Crippen molar-refractivity contribution in [2.24, 2.45) is 11.8 Å². The van der Waals surface area contributed by atoms with E-state index in [9.17, 15) is 4.79 Å². The molecule has 1 amide bonds. The summed E-state index contributed by atoms with van der Waals surface area (Å²) in [4.78, 5) is 21.3. The molecule has 2 fully saturated rings. The van der Waals surface area contributed by atoms with Crippen LogP contribution in [0.4, 0.5) is 0 Å². The molecule has 0 N–H and O–H groups in total. The normalized spacial score (nSPS) is 24.2. The Morgan fingerprint density at radius 3 is 2.76 bits per heavy atom. The summed E-state index contributed by atoms with van der Waals surface area (Å²) >= 11 is 0. The zero-order valence-corrected chi connectivity index (χ0v) is 17.1. The highest BCUT2D eigenvalue weighted by Gasteiger charge is 2.48. The summed E-state index contributed by atoms with van der Waals surface area (Å²) in [6.45, 7) is 7.79. The number of pyridine rings is 1. The van der Waals surface area contributed by atoms with Gasteiger partial charge in [0.15, 0.2) is 0 Å². The molecule has 4 nitrogen and oxygen atoms in total. The zero-order valence-electron chi connectivity index (χ0n) is 17.1. The van der Waals surface area contributed by atoms with Crippen LogP contribution in [0.5, 0.6) is 0 Å². The standard InChI is InChI=1S/C25H27N3O/c1-17-6-3-4-9-22(17)25-24-16-27(14-21(24)15-28(25)18(2)29)13-20-8-5-7-19-12-26-11-10-23(19)20/h3-12,21,24-25H,13-16H2,1-2H3/t21-,24-,25-/m1/s1. The van der Waals surface area contributed by atoms with Gasteiger partial charge in [-0.2, -0.15) is 0 Å². The second-order valence-electron chi connectivity index (χ2n) is 8.60. The van der Waals surface area contributed by atoms with Crippen LogP contribution in [-0.4, -0.2) is 40.3 Å². The average molecular weight is 386 g/mol. The third kappa shape index (κ3) is 3.22. The van der Waals surface area contributed by atoms with E-state index in [1.807, 2.05) is 12.4 Å². The topological polar surface area (TPSA) is 36.4 Å². The number of aromatic nitrogens is 1. The van der Waals surface area contributed by atoms with Gasteiger partial charge in [0.05, 0.1) is 6.04 Å². The van der Waals surface area contributed by atoms with E-state index >= 15 is 0 Å². The highest BCUT2D eigenvalue weighted by molar-refractivity contribution is 5.84. The summed E-state index contributed by atoms with van der Waals surface area (Å²) in [7, 11) is 0. The highest BCUT2D eigenvalue weighted by Crippen LogP contribution is 2.46. The monoisotopic (exact) mass is 385 g/mol. The SMILES string of the molecule is CC(=O)N1C[C@H]2CN(Cc3cccc4cnccc34)C[C@H]2[C@H]1c1ccccc1C. The highest BCUT2D eigenvalue weighted by atomic mass is 16.2. The number of hydrogen-bond donors (Lipinski definition) is 0. The maximum absolute atomic E-state index is 12.4. The van der Waals surface area contributed by atoms with E-state index in [0.29, 0.717) is 11.8 Å². The molecule has 2 aliphatic heterocycles. The quantitative estimate of drug-likeness (QED) is 0.678. The number of aryl methyl sites for hydroxylation is 1. The number of nitrogens with zero attached hydrogens (tertiary/aromatic N) is 3. The van der Waals surface area contributed by atoms with Gasteiger partial charge in [-0.05, 0) is 41.0 Å². The number of hydrogen-bond acceptors (Lipinski definition) is 3. The van der Waals surface area contributed by atoms with E-state index in [2.05, 4.69) is 70.2 Å². The van der Waals surface area contributed by atoms with Crippen molar-refractivity contribution in [1.29, 1.82) is 0 Å². The van der Waals surface area contributed by atoms with Crippen LogP contribution in [-0.2, 0) is 11.3 Å². The molecule has 148 valence electrons. The molecule has 0 unspecified atom stereocenters. The molecule has 0 aliphatic carbocycles. The van der Waals surface area contributed by atoms with Gasteiger partial charge in [-0.15, -0.1) is 0 Å². The maximum atomic E-state index is 12.4. The van der Waals surface area contributed by atoms with E-state index in [0.717, 1.165) is 26.2 Å². The van der Waals surface area contributed by atoms with Gasteiger partial charge in [0, 0.05) is 56.8 Å². The van der Waals surface area contributed by atoms with Crippen LogP contribution >= 0.6 is 0 Å². The van der Waals surface area contributed by atoms with E-state index in [4.69, 9.17) is 0 Å². The molecule has 2 saturated heterocycles. The van der Waals surface area contributed by atoms with Gasteiger partial charge >= 0.3 is 0 Å². The summed E-state index contributed by atoms with van der Waals surface area (Å²) in [5, 5.41) is 2.49. The number of benzene rings is 2. The first-order valence-electron chi connectivity index (χ1n) is 10.5. The van der Waals surface area contributed by atoms with Crippen LogP contribution in [0.25, 0.3) is 10.8 Å². The Labute approximate surface area is 172 Å². The molecule has 5 rings (SSSR count). The number of likely N-dealkylation sites (tertiary alicyclic amines) is 2. The second kappa shape index (κ2) is 7.27. The average Bonchev–Trinajstić information content (AvgIpc) is 3.26. The fourth-order valence-corrected chi connectivity index (χ4v) is 5.48. The van der Waals surface area contributed by atoms with Gasteiger partial charge < -0.3 is 4.90 Å². The number of carbonyl (C=O) groups excluding carboxylic acids is 1. The fourth-order valence-electron chi connectivity index (χ4n) is 5.48. The molecule has 29 heavy (non-hydrogen) atoms.